The van der Waals surface area contributed by atoms with Crippen LogP contribution < -0.4 is 5.32 Å². The molecular weight excluding hydrogens is 200 g/mol. The van der Waals surface area contributed by atoms with Crippen molar-refractivity contribution in [2.75, 3.05) is 0 Å². The summed E-state index contributed by atoms with van der Waals surface area (Å²) < 4.78 is 0. The van der Waals surface area contributed by atoms with Crippen molar-refractivity contribution in [2.45, 2.75) is 76.0 Å². The summed E-state index contributed by atoms with van der Waals surface area (Å²) in [6.07, 6.45) is 9.20. The van der Waals surface area contributed by atoms with Gasteiger partial charge >= 0.3 is 0 Å². The number of hydrogen-bond acceptors (Lipinski definition) is 2. The van der Waals surface area contributed by atoms with Gasteiger partial charge in [0.05, 0.1) is 5.66 Å². The van der Waals surface area contributed by atoms with Crippen LogP contribution in [0.2, 0.25) is 0 Å². The van der Waals surface area contributed by atoms with Crippen molar-refractivity contribution in [1.82, 2.24) is 10.2 Å². The summed E-state index contributed by atoms with van der Waals surface area (Å²) in [6, 6.07) is 1.10. The maximum Gasteiger partial charge on any atom is 0.224 e. The molecule has 2 heterocycles. The van der Waals surface area contributed by atoms with E-state index in [2.05, 4.69) is 17.1 Å². The highest BCUT2D eigenvalue weighted by Gasteiger charge is 2.56. The van der Waals surface area contributed by atoms with Crippen LogP contribution in [-0.2, 0) is 4.79 Å². The van der Waals surface area contributed by atoms with Gasteiger partial charge in [-0.15, -0.1) is 0 Å². The predicted molar refractivity (Wildman–Crippen MR) is 62.9 cm³/mol. The smallest absolute Gasteiger partial charge is 0.224 e. The summed E-state index contributed by atoms with van der Waals surface area (Å²) in [6.45, 7) is 2.22. The molecule has 1 N–H and O–H groups in total. The Labute approximate surface area is 97.6 Å². The molecule has 1 aliphatic carbocycles. The molecule has 0 aromatic heterocycles. The lowest BCUT2D eigenvalue weighted by Crippen LogP contribution is -2.49. The molecule has 3 rings (SSSR count). The predicted octanol–water partition coefficient (Wildman–Crippen LogP) is 2.02. The van der Waals surface area contributed by atoms with Gasteiger partial charge in [-0.3, -0.25) is 10.1 Å². The van der Waals surface area contributed by atoms with Gasteiger partial charge in [-0.1, -0.05) is 26.2 Å². The molecule has 16 heavy (non-hydrogen) atoms. The third-order valence-corrected chi connectivity index (χ3v) is 4.66. The zero-order valence-corrected chi connectivity index (χ0v) is 10.2. The highest BCUT2D eigenvalue weighted by molar-refractivity contribution is 5.80. The van der Waals surface area contributed by atoms with Crippen LogP contribution in [0.3, 0.4) is 0 Å². The summed E-state index contributed by atoms with van der Waals surface area (Å²) in [5.41, 5.74) is 0.0471. The highest BCUT2D eigenvalue weighted by atomic mass is 16.2. The van der Waals surface area contributed by atoms with Crippen LogP contribution in [0.15, 0.2) is 0 Å². The van der Waals surface area contributed by atoms with Gasteiger partial charge in [0.25, 0.3) is 0 Å². The third-order valence-electron chi connectivity index (χ3n) is 4.66. The molecule has 90 valence electrons. The van der Waals surface area contributed by atoms with E-state index in [1.165, 1.54) is 25.7 Å². The average Bonchev–Trinajstić information content (AvgIpc) is 2.75. The largest absolute Gasteiger partial charge is 0.320 e. The lowest BCUT2D eigenvalue weighted by Gasteiger charge is -2.35. The van der Waals surface area contributed by atoms with E-state index in [4.69, 9.17) is 0 Å². The molecule has 1 saturated carbocycles. The summed E-state index contributed by atoms with van der Waals surface area (Å²) >= 11 is 0. The van der Waals surface area contributed by atoms with Crippen LogP contribution in [-0.4, -0.2) is 28.6 Å². The number of nitrogens with one attached hydrogen (secondary N) is 1. The molecule has 2 aliphatic heterocycles. The van der Waals surface area contributed by atoms with Crippen LogP contribution in [0.5, 0.6) is 0 Å². The van der Waals surface area contributed by atoms with E-state index in [1.807, 2.05) is 0 Å². The lowest BCUT2D eigenvalue weighted by molar-refractivity contribution is -0.132. The molecule has 3 fully saturated rings. The number of nitrogens with zero attached hydrogens (tertiary/aromatic N) is 1. The van der Waals surface area contributed by atoms with Crippen LogP contribution in [0.25, 0.3) is 0 Å². The number of carbonyl (C=O) groups is 1. The summed E-state index contributed by atoms with van der Waals surface area (Å²) in [5.74, 6) is 0.398. The van der Waals surface area contributed by atoms with Crippen molar-refractivity contribution in [2.24, 2.45) is 0 Å². The van der Waals surface area contributed by atoms with Crippen molar-refractivity contribution in [3.05, 3.63) is 0 Å². The molecule has 1 amide bonds. The van der Waals surface area contributed by atoms with Crippen molar-refractivity contribution >= 4 is 5.91 Å². The maximum absolute atomic E-state index is 12.1. The molecule has 0 bridgehead atoms. The molecular formula is C13H22N2O. The second-order valence-corrected chi connectivity index (χ2v) is 5.65. The first-order valence-corrected chi connectivity index (χ1v) is 6.87. The Kier molecular flexibility index (Phi) is 2.46. The van der Waals surface area contributed by atoms with Crippen LogP contribution in [0.4, 0.5) is 0 Å². The minimum Gasteiger partial charge on any atom is -0.320 e. The Hall–Kier alpha value is -0.570. The van der Waals surface area contributed by atoms with Crippen molar-refractivity contribution < 1.29 is 4.79 Å². The second kappa shape index (κ2) is 3.73. The molecule has 2 saturated heterocycles. The third kappa shape index (κ3) is 1.33. The fraction of sp³-hybridized carbons (Fsp3) is 0.923. The van der Waals surface area contributed by atoms with Crippen LogP contribution in [0.1, 0.15) is 58.3 Å². The van der Waals surface area contributed by atoms with Gasteiger partial charge in [0.1, 0.15) is 0 Å². The lowest BCUT2D eigenvalue weighted by atomic mass is 9.91. The Balaban J connectivity index is 1.89. The number of amides is 1. The Morgan fingerprint density at radius 3 is 3.06 bits per heavy atom. The summed E-state index contributed by atoms with van der Waals surface area (Å²) in [4.78, 5) is 14.3. The molecule has 0 spiro atoms. The summed E-state index contributed by atoms with van der Waals surface area (Å²) in [7, 11) is 0. The van der Waals surface area contributed by atoms with E-state index >= 15 is 0 Å². The number of fused-ring (bicyclic) bond motifs is 3. The van der Waals surface area contributed by atoms with E-state index in [1.54, 1.807) is 0 Å². The number of hydrogen-bond donors (Lipinski definition) is 1. The maximum atomic E-state index is 12.1. The van der Waals surface area contributed by atoms with Gasteiger partial charge in [0.2, 0.25) is 5.91 Å². The van der Waals surface area contributed by atoms with Crippen LogP contribution in [0, 0.1) is 0 Å². The normalized spacial score (nSPS) is 42.3. The molecule has 3 heteroatoms. The van der Waals surface area contributed by atoms with Gasteiger partial charge < -0.3 is 4.90 Å². The first-order chi connectivity index (χ1) is 7.77. The molecule has 0 aromatic rings. The molecule has 0 unspecified atom stereocenters. The van der Waals surface area contributed by atoms with Crippen molar-refractivity contribution in [1.29, 1.82) is 0 Å². The van der Waals surface area contributed by atoms with E-state index in [-0.39, 0.29) is 5.66 Å². The average molecular weight is 222 g/mol. The first kappa shape index (κ1) is 10.6. The van der Waals surface area contributed by atoms with E-state index in [9.17, 15) is 4.79 Å². The SMILES string of the molecule is CCC[C@]12CCC(=O)N1[C@H]1CCCC[C@@H]1N2. The van der Waals surface area contributed by atoms with Crippen LogP contribution >= 0.6 is 0 Å². The molecule has 0 aromatic carbocycles. The fourth-order valence-electron chi connectivity index (χ4n) is 4.10. The second-order valence-electron chi connectivity index (χ2n) is 5.65. The highest BCUT2D eigenvalue weighted by Crippen LogP contribution is 2.43. The quantitative estimate of drug-likeness (QED) is 0.775. The van der Waals surface area contributed by atoms with E-state index < -0.39 is 0 Å². The van der Waals surface area contributed by atoms with Gasteiger partial charge in [0, 0.05) is 18.5 Å². The van der Waals surface area contributed by atoms with Crippen molar-refractivity contribution in [3.8, 4) is 0 Å². The topological polar surface area (TPSA) is 32.3 Å². The van der Waals surface area contributed by atoms with Crippen molar-refractivity contribution in [3.63, 3.8) is 0 Å². The van der Waals surface area contributed by atoms with E-state index in [0.29, 0.717) is 18.0 Å². The Morgan fingerprint density at radius 2 is 2.25 bits per heavy atom. The number of carbonyl (C=O) groups excluding carboxylic acids is 1. The monoisotopic (exact) mass is 222 g/mol. The molecule has 0 radical (unpaired) electrons. The Morgan fingerprint density at radius 1 is 1.44 bits per heavy atom. The minimum absolute atomic E-state index is 0.0471. The molecule has 3 aliphatic rings. The minimum atomic E-state index is 0.0471. The molecule has 3 nitrogen and oxygen atoms in total. The zero-order chi connectivity index (χ0) is 11.2. The van der Waals surface area contributed by atoms with Gasteiger partial charge in [-0.25, -0.2) is 0 Å². The van der Waals surface area contributed by atoms with Gasteiger partial charge in [-0.2, -0.15) is 0 Å². The fourth-order valence-corrected chi connectivity index (χ4v) is 4.10. The standard InChI is InChI=1S/C13H22N2O/c1-2-8-13-9-7-12(16)15(13)11-6-4-3-5-10(11)14-13/h10-11,14H,2-9H2,1H3/t10-,11-,13+/m0/s1. The van der Waals surface area contributed by atoms with E-state index in [0.717, 1.165) is 25.7 Å². The number of rotatable bonds is 2. The summed E-state index contributed by atoms with van der Waals surface area (Å²) in [5, 5.41) is 3.80. The Bertz CT molecular complexity index is 304. The van der Waals surface area contributed by atoms with Gasteiger partial charge in [-0.05, 0) is 25.7 Å². The zero-order valence-electron chi connectivity index (χ0n) is 10.2. The molecule has 3 atom stereocenters. The first-order valence-electron chi connectivity index (χ1n) is 6.87. The van der Waals surface area contributed by atoms with Gasteiger partial charge in [0.15, 0.2) is 0 Å².